The van der Waals surface area contributed by atoms with Crippen LogP contribution in [0, 0.1) is 11.3 Å². The molecule has 1 aromatic heterocycles. The minimum Gasteiger partial charge on any atom is -0.334 e. The highest BCUT2D eigenvalue weighted by Crippen LogP contribution is 2.02. The van der Waals surface area contributed by atoms with Gasteiger partial charge in [-0.1, -0.05) is 0 Å². The molecule has 0 aliphatic rings. The number of nitrogens with zero attached hydrogens (tertiary/aromatic N) is 3. The van der Waals surface area contributed by atoms with Gasteiger partial charge in [0.2, 0.25) is 0 Å². The van der Waals surface area contributed by atoms with Gasteiger partial charge in [0.25, 0.3) is 5.91 Å². The van der Waals surface area contributed by atoms with Gasteiger partial charge in [-0.25, -0.2) is 0 Å². The molecule has 5 nitrogen and oxygen atoms in total. The highest BCUT2D eigenvalue weighted by Gasteiger charge is 2.19. The lowest BCUT2D eigenvalue weighted by Crippen LogP contribution is -2.42. The van der Waals surface area contributed by atoms with Crippen LogP contribution in [0.15, 0.2) is 18.5 Å². The molecule has 0 saturated carbocycles. The summed E-state index contributed by atoms with van der Waals surface area (Å²) in [7, 11) is 0. The number of rotatable bonds is 2. The maximum atomic E-state index is 11.5. The number of aromatic nitrogens is 2. The summed E-state index contributed by atoms with van der Waals surface area (Å²) in [5.41, 5.74) is -0.483. The molecule has 5 heteroatoms. The highest BCUT2D eigenvalue weighted by atomic mass is 16.1. The first-order chi connectivity index (χ1) is 6.55. The average molecular weight is 190 g/mol. The second-order valence-corrected chi connectivity index (χ2v) is 3.32. The van der Waals surface area contributed by atoms with Crippen molar-refractivity contribution in [3.05, 3.63) is 24.0 Å². The van der Waals surface area contributed by atoms with Crippen LogP contribution in [0.5, 0.6) is 0 Å². The Morgan fingerprint density at radius 3 is 2.79 bits per heavy atom. The standard InChI is InChI=1S/C9H10N4O/c1-9(2,6-10)13-8(14)7-3-4-11-12-5-7/h3-5H,1-2H3,(H,13,14). The van der Waals surface area contributed by atoms with Gasteiger partial charge in [0.15, 0.2) is 0 Å². The molecule has 0 saturated heterocycles. The molecule has 1 heterocycles. The molecule has 1 aromatic rings. The normalized spacial score (nSPS) is 10.4. The smallest absolute Gasteiger partial charge is 0.254 e. The summed E-state index contributed by atoms with van der Waals surface area (Å²) in [5, 5.41) is 18.4. The molecule has 0 atom stereocenters. The van der Waals surface area contributed by atoms with Crippen molar-refractivity contribution in [1.82, 2.24) is 15.5 Å². The van der Waals surface area contributed by atoms with E-state index in [1.54, 1.807) is 13.8 Å². The zero-order valence-corrected chi connectivity index (χ0v) is 7.98. The van der Waals surface area contributed by atoms with E-state index < -0.39 is 5.54 Å². The lowest BCUT2D eigenvalue weighted by molar-refractivity contribution is 0.0928. The predicted molar refractivity (Wildman–Crippen MR) is 49.2 cm³/mol. The van der Waals surface area contributed by atoms with E-state index in [1.165, 1.54) is 18.5 Å². The highest BCUT2D eigenvalue weighted by molar-refractivity contribution is 5.94. The Bertz CT molecular complexity index is 366. The molecule has 1 N–H and O–H groups in total. The van der Waals surface area contributed by atoms with Crippen molar-refractivity contribution in [2.75, 3.05) is 0 Å². The molecule has 0 aliphatic carbocycles. The number of carbonyl (C=O) groups is 1. The maximum Gasteiger partial charge on any atom is 0.254 e. The summed E-state index contributed by atoms with van der Waals surface area (Å²) < 4.78 is 0. The fraction of sp³-hybridized carbons (Fsp3) is 0.333. The Balaban J connectivity index is 2.75. The van der Waals surface area contributed by atoms with Crippen LogP contribution >= 0.6 is 0 Å². The van der Waals surface area contributed by atoms with Crippen molar-refractivity contribution in [2.45, 2.75) is 19.4 Å². The quantitative estimate of drug-likeness (QED) is 0.736. The molecule has 0 radical (unpaired) electrons. The summed E-state index contributed by atoms with van der Waals surface area (Å²) in [6.45, 7) is 3.25. The number of amides is 1. The van der Waals surface area contributed by atoms with Gasteiger partial charge in [0, 0.05) is 0 Å². The van der Waals surface area contributed by atoms with E-state index in [-0.39, 0.29) is 5.91 Å². The summed E-state index contributed by atoms with van der Waals surface area (Å²) in [6, 6.07) is 3.51. The van der Waals surface area contributed by atoms with E-state index in [4.69, 9.17) is 5.26 Å². The molecular weight excluding hydrogens is 180 g/mol. The van der Waals surface area contributed by atoms with E-state index in [9.17, 15) is 4.79 Å². The first-order valence-electron chi connectivity index (χ1n) is 4.05. The Kier molecular flexibility index (Phi) is 2.77. The van der Waals surface area contributed by atoms with Gasteiger partial charge in [-0.05, 0) is 19.9 Å². The number of nitriles is 1. The predicted octanol–water partition coefficient (Wildman–Crippen LogP) is 0.509. The molecular formula is C9H10N4O. The Morgan fingerprint density at radius 1 is 1.57 bits per heavy atom. The number of nitrogens with one attached hydrogen (secondary N) is 1. The van der Waals surface area contributed by atoms with Gasteiger partial charge in [-0.3, -0.25) is 4.79 Å². The molecule has 0 aliphatic heterocycles. The molecule has 1 amide bonds. The van der Waals surface area contributed by atoms with E-state index in [0.29, 0.717) is 5.56 Å². The lowest BCUT2D eigenvalue weighted by Gasteiger charge is -2.16. The maximum absolute atomic E-state index is 11.5. The van der Waals surface area contributed by atoms with Crippen molar-refractivity contribution in [3.63, 3.8) is 0 Å². The number of hydrogen-bond donors (Lipinski definition) is 1. The van der Waals surface area contributed by atoms with Crippen molar-refractivity contribution in [3.8, 4) is 6.07 Å². The Labute approximate surface area is 81.8 Å². The van der Waals surface area contributed by atoms with Crippen LogP contribution in [0.4, 0.5) is 0 Å². The SMILES string of the molecule is CC(C)(C#N)NC(=O)c1ccnnc1. The zero-order valence-electron chi connectivity index (χ0n) is 7.98. The topological polar surface area (TPSA) is 78.7 Å². The summed E-state index contributed by atoms with van der Waals surface area (Å²) in [5.74, 6) is -0.327. The fourth-order valence-corrected chi connectivity index (χ4v) is 0.809. The Hall–Kier alpha value is -1.96. The van der Waals surface area contributed by atoms with Crippen LogP contribution in [0.2, 0.25) is 0 Å². The third kappa shape index (κ3) is 2.52. The molecule has 14 heavy (non-hydrogen) atoms. The first-order valence-corrected chi connectivity index (χ1v) is 4.05. The molecule has 0 spiro atoms. The Morgan fingerprint density at radius 2 is 2.29 bits per heavy atom. The van der Waals surface area contributed by atoms with Gasteiger partial charge in [0.05, 0.1) is 24.0 Å². The van der Waals surface area contributed by atoms with Crippen molar-refractivity contribution < 1.29 is 4.79 Å². The molecule has 1 rings (SSSR count). The minimum atomic E-state index is -0.875. The summed E-state index contributed by atoms with van der Waals surface area (Å²) in [4.78, 5) is 11.5. The largest absolute Gasteiger partial charge is 0.334 e. The van der Waals surface area contributed by atoms with Crippen molar-refractivity contribution in [2.24, 2.45) is 0 Å². The van der Waals surface area contributed by atoms with Gasteiger partial charge in [-0.15, -0.1) is 0 Å². The average Bonchev–Trinajstić information content (AvgIpc) is 2.19. The fourth-order valence-electron chi connectivity index (χ4n) is 0.809. The third-order valence-corrected chi connectivity index (χ3v) is 1.55. The van der Waals surface area contributed by atoms with Gasteiger partial charge in [0.1, 0.15) is 5.54 Å². The summed E-state index contributed by atoms with van der Waals surface area (Å²) in [6.07, 6.45) is 2.77. The minimum absolute atomic E-state index is 0.327. The molecule has 0 bridgehead atoms. The number of hydrogen-bond acceptors (Lipinski definition) is 4. The second kappa shape index (κ2) is 3.83. The van der Waals surface area contributed by atoms with Crippen LogP contribution < -0.4 is 5.32 Å². The van der Waals surface area contributed by atoms with E-state index in [1.807, 2.05) is 6.07 Å². The van der Waals surface area contributed by atoms with Gasteiger partial charge < -0.3 is 5.32 Å². The van der Waals surface area contributed by atoms with E-state index >= 15 is 0 Å². The van der Waals surface area contributed by atoms with Crippen LogP contribution in [0.25, 0.3) is 0 Å². The van der Waals surface area contributed by atoms with Crippen molar-refractivity contribution >= 4 is 5.91 Å². The second-order valence-electron chi connectivity index (χ2n) is 3.32. The lowest BCUT2D eigenvalue weighted by atomic mass is 10.1. The molecule has 0 fully saturated rings. The van der Waals surface area contributed by atoms with Gasteiger partial charge >= 0.3 is 0 Å². The van der Waals surface area contributed by atoms with Gasteiger partial charge in [-0.2, -0.15) is 15.5 Å². The van der Waals surface area contributed by atoms with Crippen LogP contribution in [0.1, 0.15) is 24.2 Å². The van der Waals surface area contributed by atoms with Crippen molar-refractivity contribution in [1.29, 1.82) is 5.26 Å². The van der Waals surface area contributed by atoms with E-state index in [0.717, 1.165) is 0 Å². The van der Waals surface area contributed by atoms with Crippen LogP contribution in [-0.4, -0.2) is 21.6 Å². The number of carbonyl (C=O) groups excluding carboxylic acids is 1. The molecule has 0 unspecified atom stereocenters. The molecule has 72 valence electrons. The zero-order chi connectivity index (χ0) is 10.6. The molecule has 0 aromatic carbocycles. The van der Waals surface area contributed by atoms with Crippen LogP contribution in [-0.2, 0) is 0 Å². The first kappa shape index (κ1) is 10.1. The van der Waals surface area contributed by atoms with Crippen LogP contribution in [0.3, 0.4) is 0 Å². The monoisotopic (exact) mass is 190 g/mol. The van der Waals surface area contributed by atoms with E-state index in [2.05, 4.69) is 15.5 Å². The third-order valence-electron chi connectivity index (χ3n) is 1.55. The summed E-state index contributed by atoms with van der Waals surface area (Å²) >= 11 is 0.